The van der Waals surface area contributed by atoms with Crippen molar-refractivity contribution >= 4 is 46.9 Å². The minimum atomic E-state index is -0.295. The van der Waals surface area contributed by atoms with E-state index in [1.165, 1.54) is 11.8 Å². The number of likely N-dealkylation sites (tertiary alicyclic amines) is 1. The molecule has 9 nitrogen and oxygen atoms in total. The second-order valence-corrected chi connectivity index (χ2v) is 9.64. The Morgan fingerprint density at radius 3 is 2.50 bits per heavy atom. The highest BCUT2D eigenvalue weighted by atomic mass is 35.5. The minimum Gasteiger partial charge on any atom is -0.369 e. The van der Waals surface area contributed by atoms with Crippen molar-refractivity contribution in [2.45, 2.75) is 50.7 Å². The van der Waals surface area contributed by atoms with Gasteiger partial charge in [0.1, 0.15) is 11.0 Å². The number of piperazine rings is 1. The van der Waals surface area contributed by atoms with Crippen LogP contribution >= 0.6 is 23.4 Å². The summed E-state index contributed by atoms with van der Waals surface area (Å²) in [6.45, 7) is 7.10. The number of nitrogens with two attached hydrogens (primary N) is 1. The van der Waals surface area contributed by atoms with E-state index in [0.29, 0.717) is 68.1 Å². The van der Waals surface area contributed by atoms with Gasteiger partial charge in [-0.05, 0) is 26.2 Å². The second kappa shape index (κ2) is 11.2. The lowest BCUT2D eigenvalue weighted by atomic mass is 9.96. The molecular weight excluding hydrogens is 452 g/mol. The summed E-state index contributed by atoms with van der Waals surface area (Å²) in [5, 5.41) is 0.773. The number of carbonyl (C=O) groups is 3. The number of aromatic nitrogens is 2. The number of nitrogens with zero attached hydrogens (tertiary/aromatic N) is 5. The molecule has 0 saturated carbocycles. The van der Waals surface area contributed by atoms with Crippen molar-refractivity contribution in [3.8, 4) is 0 Å². The summed E-state index contributed by atoms with van der Waals surface area (Å²) in [6.07, 6.45) is 2.62. The third-order valence-corrected chi connectivity index (χ3v) is 7.00. The van der Waals surface area contributed by atoms with E-state index in [1.807, 2.05) is 18.7 Å². The Bertz CT molecular complexity index is 849. The molecule has 11 heteroatoms. The maximum atomic E-state index is 12.6. The molecule has 3 amide bonds. The van der Waals surface area contributed by atoms with Gasteiger partial charge in [-0.15, -0.1) is 0 Å². The van der Waals surface area contributed by atoms with Crippen LogP contribution in [0.4, 0.5) is 5.82 Å². The number of halogens is 1. The summed E-state index contributed by atoms with van der Waals surface area (Å²) in [5.74, 6) is 0.643. The Morgan fingerprint density at radius 2 is 1.88 bits per heavy atom. The van der Waals surface area contributed by atoms with E-state index >= 15 is 0 Å². The molecule has 176 valence electrons. The van der Waals surface area contributed by atoms with E-state index in [9.17, 15) is 14.4 Å². The Kier molecular flexibility index (Phi) is 8.58. The number of thioether (sulfide) groups is 1. The third-order valence-electron chi connectivity index (χ3n) is 5.97. The number of piperidine rings is 1. The van der Waals surface area contributed by atoms with Gasteiger partial charge in [0.25, 0.3) is 0 Å². The molecule has 0 aliphatic carbocycles. The molecular formula is C21H31ClN6O3S. The predicted molar refractivity (Wildman–Crippen MR) is 125 cm³/mol. The van der Waals surface area contributed by atoms with Gasteiger partial charge in [0.2, 0.25) is 17.7 Å². The standard InChI is InChI=1S/C21H31ClN6O3S/c1-3-4-18(29)28-10-9-27(12-14(28)2)17-11-16(22)24-21(25-17)32-13-19(30)26-7-5-15(6-8-26)20(23)31/h11,14-15H,3-10,12-13H2,1-2H3,(H2,23,31). The van der Waals surface area contributed by atoms with Crippen molar-refractivity contribution in [1.82, 2.24) is 19.8 Å². The van der Waals surface area contributed by atoms with Crippen LogP contribution in [-0.2, 0) is 14.4 Å². The van der Waals surface area contributed by atoms with E-state index in [0.717, 1.165) is 6.42 Å². The molecule has 0 radical (unpaired) electrons. The molecule has 0 spiro atoms. The van der Waals surface area contributed by atoms with Crippen molar-refractivity contribution in [1.29, 1.82) is 0 Å². The van der Waals surface area contributed by atoms with Crippen molar-refractivity contribution in [3.05, 3.63) is 11.2 Å². The zero-order valence-corrected chi connectivity index (χ0v) is 20.2. The molecule has 0 bridgehead atoms. The molecule has 2 saturated heterocycles. The Labute approximate surface area is 198 Å². The lowest BCUT2D eigenvalue weighted by molar-refractivity contribution is -0.133. The fourth-order valence-corrected chi connectivity index (χ4v) is 5.12. The Hall–Kier alpha value is -2.07. The smallest absolute Gasteiger partial charge is 0.233 e. The molecule has 2 N–H and O–H groups in total. The molecule has 2 aliphatic heterocycles. The molecule has 1 unspecified atom stereocenters. The van der Waals surface area contributed by atoms with Crippen molar-refractivity contribution in [2.75, 3.05) is 43.4 Å². The van der Waals surface area contributed by atoms with Gasteiger partial charge in [-0.1, -0.05) is 30.3 Å². The average molecular weight is 483 g/mol. The van der Waals surface area contributed by atoms with Gasteiger partial charge in [-0.3, -0.25) is 14.4 Å². The molecule has 3 heterocycles. The van der Waals surface area contributed by atoms with Gasteiger partial charge >= 0.3 is 0 Å². The number of anilines is 1. The first-order valence-corrected chi connectivity index (χ1v) is 12.4. The first kappa shape index (κ1) is 24.6. The largest absolute Gasteiger partial charge is 0.369 e. The summed E-state index contributed by atoms with van der Waals surface area (Å²) < 4.78 is 0. The minimum absolute atomic E-state index is 0.0141. The summed E-state index contributed by atoms with van der Waals surface area (Å²) in [5.41, 5.74) is 5.36. The van der Waals surface area contributed by atoms with E-state index in [1.54, 1.807) is 11.0 Å². The fourth-order valence-electron chi connectivity index (χ4n) is 4.14. The van der Waals surface area contributed by atoms with Crippen LogP contribution in [0.5, 0.6) is 0 Å². The first-order valence-electron chi connectivity index (χ1n) is 11.1. The Balaban J connectivity index is 1.56. The van der Waals surface area contributed by atoms with Crippen LogP contribution in [0.3, 0.4) is 0 Å². The molecule has 32 heavy (non-hydrogen) atoms. The number of primary amides is 1. The molecule has 2 aliphatic rings. The lowest BCUT2D eigenvalue weighted by Gasteiger charge is -2.40. The van der Waals surface area contributed by atoms with Crippen LogP contribution in [0.2, 0.25) is 5.15 Å². The summed E-state index contributed by atoms with van der Waals surface area (Å²) in [7, 11) is 0. The third kappa shape index (κ3) is 6.25. The number of amides is 3. The van der Waals surface area contributed by atoms with E-state index in [2.05, 4.69) is 14.9 Å². The van der Waals surface area contributed by atoms with Crippen LogP contribution in [0.1, 0.15) is 39.5 Å². The SMILES string of the molecule is CCCC(=O)N1CCN(c2cc(Cl)nc(SCC(=O)N3CCC(C(N)=O)CC3)n2)CC1C. The van der Waals surface area contributed by atoms with Crippen LogP contribution in [0.15, 0.2) is 11.2 Å². The Morgan fingerprint density at radius 1 is 1.16 bits per heavy atom. The number of hydrogen-bond acceptors (Lipinski definition) is 7. The van der Waals surface area contributed by atoms with Crippen molar-refractivity contribution < 1.29 is 14.4 Å². The maximum Gasteiger partial charge on any atom is 0.233 e. The highest BCUT2D eigenvalue weighted by molar-refractivity contribution is 7.99. The normalized spacial score (nSPS) is 19.8. The molecule has 1 aromatic rings. The molecule has 1 atom stereocenters. The number of hydrogen-bond donors (Lipinski definition) is 1. The van der Waals surface area contributed by atoms with E-state index < -0.39 is 0 Å². The second-order valence-electron chi connectivity index (χ2n) is 8.31. The topological polar surface area (TPSA) is 113 Å². The molecule has 3 rings (SSSR count). The molecule has 1 aromatic heterocycles. The summed E-state index contributed by atoms with van der Waals surface area (Å²) in [4.78, 5) is 50.8. The number of rotatable bonds is 7. The summed E-state index contributed by atoms with van der Waals surface area (Å²) in [6, 6.07) is 1.80. The van der Waals surface area contributed by atoms with Gasteiger partial charge in [-0.25, -0.2) is 9.97 Å². The zero-order valence-electron chi connectivity index (χ0n) is 18.6. The van der Waals surface area contributed by atoms with Crippen molar-refractivity contribution in [2.24, 2.45) is 11.7 Å². The van der Waals surface area contributed by atoms with E-state index in [-0.39, 0.29) is 35.4 Å². The van der Waals surface area contributed by atoms with Crippen LogP contribution < -0.4 is 10.6 Å². The average Bonchev–Trinajstić information content (AvgIpc) is 2.77. The van der Waals surface area contributed by atoms with Gasteiger partial charge in [0.05, 0.1) is 5.75 Å². The quantitative estimate of drug-likeness (QED) is 0.358. The molecule has 0 aromatic carbocycles. The fraction of sp³-hybridized carbons (Fsp3) is 0.667. The van der Waals surface area contributed by atoms with Crippen molar-refractivity contribution in [3.63, 3.8) is 0 Å². The van der Waals surface area contributed by atoms with Crippen LogP contribution in [-0.4, -0.2) is 82.0 Å². The highest BCUT2D eigenvalue weighted by Crippen LogP contribution is 2.25. The van der Waals surface area contributed by atoms with E-state index in [4.69, 9.17) is 17.3 Å². The predicted octanol–water partition coefficient (Wildman–Crippen LogP) is 1.78. The first-order chi connectivity index (χ1) is 15.3. The zero-order chi connectivity index (χ0) is 23.3. The highest BCUT2D eigenvalue weighted by Gasteiger charge is 2.29. The van der Waals surface area contributed by atoms with Gasteiger partial charge in [0, 0.05) is 57.2 Å². The summed E-state index contributed by atoms with van der Waals surface area (Å²) >= 11 is 7.49. The van der Waals surface area contributed by atoms with Gasteiger partial charge in [-0.2, -0.15) is 0 Å². The van der Waals surface area contributed by atoms with Crippen LogP contribution in [0, 0.1) is 5.92 Å². The van der Waals surface area contributed by atoms with Gasteiger partial charge < -0.3 is 20.4 Å². The maximum absolute atomic E-state index is 12.6. The lowest BCUT2D eigenvalue weighted by Crippen LogP contribution is -2.54. The number of carbonyl (C=O) groups excluding carboxylic acids is 3. The van der Waals surface area contributed by atoms with Crippen LogP contribution in [0.25, 0.3) is 0 Å². The monoisotopic (exact) mass is 482 g/mol. The molecule has 2 fully saturated rings. The van der Waals surface area contributed by atoms with Gasteiger partial charge in [0.15, 0.2) is 5.16 Å².